The van der Waals surface area contributed by atoms with Gasteiger partial charge in [-0.2, -0.15) is 36.4 Å². The minimum absolute atomic E-state index is 0. The van der Waals surface area contributed by atoms with Crippen LogP contribution in [0.2, 0.25) is 0 Å². The summed E-state index contributed by atoms with van der Waals surface area (Å²) in [6.07, 6.45) is 2.11. The average Bonchev–Trinajstić information content (AvgIpc) is 2.26. The Hall–Kier alpha value is -0.246. The zero-order valence-electron chi connectivity index (χ0n) is 9.43. The third kappa shape index (κ3) is 7.10. The molecule has 0 saturated carbocycles. The monoisotopic (exact) mass is 294 g/mol. The van der Waals surface area contributed by atoms with Gasteiger partial charge >= 0.3 is 5.97 Å². The molecule has 1 aliphatic heterocycles. The molecule has 2 rings (SSSR count). The molecule has 1 fully saturated rings. The first kappa shape index (κ1) is 15.8. The molecule has 16 heavy (non-hydrogen) atoms. The number of hydrogen-bond acceptors (Lipinski definition) is 3. The van der Waals surface area contributed by atoms with Gasteiger partial charge in [-0.1, -0.05) is 0 Å². The Balaban J connectivity index is 0.000000283. The van der Waals surface area contributed by atoms with Crippen molar-refractivity contribution in [2.24, 2.45) is 0 Å². The molecule has 0 aromatic heterocycles. The Morgan fingerprint density at radius 2 is 2.00 bits per heavy atom. The average molecular weight is 294 g/mol. The molecule has 1 aromatic rings. The van der Waals surface area contributed by atoms with Crippen LogP contribution in [0.5, 0.6) is 0 Å². The fraction of sp³-hybridized carbons (Fsp3) is 0.333. The van der Waals surface area contributed by atoms with E-state index in [0.29, 0.717) is 6.54 Å². The second kappa shape index (κ2) is 9.94. The van der Waals surface area contributed by atoms with Crippen LogP contribution in [0.15, 0.2) is 30.3 Å². The van der Waals surface area contributed by atoms with E-state index >= 15 is 0 Å². The van der Waals surface area contributed by atoms with Gasteiger partial charge in [-0.3, -0.25) is 4.79 Å². The Kier molecular flexibility index (Phi) is 9.79. The molecular weight excluding hydrogens is 279 g/mol. The van der Waals surface area contributed by atoms with Crippen LogP contribution in [0.3, 0.4) is 0 Å². The van der Waals surface area contributed by atoms with Crippen LogP contribution in [0, 0.1) is 12.5 Å². The van der Waals surface area contributed by atoms with Gasteiger partial charge in [0.25, 0.3) is 0 Å². The van der Waals surface area contributed by atoms with Crippen molar-refractivity contribution in [2.45, 2.75) is 0 Å². The van der Waals surface area contributed by atoms with Gasteiger partial charge in [0.05, 0.1) is 13.7 Å². The molecule has 0 aliphatic carbocycles. The zero-order valence-corrected chi connectivity index (χ0v) is 12.3. The minimum atomic E-state index is -0.150. The van der Waals surface area contributed by atoms with Crippen molar-refractivity contribution >= 4 is 5.97 Å². The van der Waals surface area contributed by atoms with E-state index in [0.717, 1.165) is 13.1 Å². The molecule has 85 valence electrons. The summed E-state index contributed by atoms with van der Waals surface area (Å²) in [4.78, 5) is 12.5. The number of benzene rings is 1. The summed E-state index contributed by atoms with van der Waals surface area (Å²) in [5, 5.41) is 0. The van der Waals surface area contributed by atoms with Crippen molar-refractivity contribution < 1.29 is 42.2 Å². The van der Waals surface area contributed by atoms with Crippen LogP contribution < -0.4 is 0 Å². The van der Waals surface area contributed by atoms with E-state index < -0.39 is 0 Å². The van der Waals surface area contributed by atoms with Crippen LogP contribution in [-0.4, -0.2) is 37.6 Å². The molecule has 0 bridgehead atoms. The molecule has 1 aromatic carbocycles. The zero-order chi connectivity index (χ0) is 10.9. The second-order valence-electron chi connectivity index (χ2n) is 3.14. The molecule has 1 aliphatic rings. The van der Waals surface area contributed by atoms with Crippen molar-refractivity contribution in [3.05, 3.63) is 42.8 Å². The maximum atomic E-state index is 10.5. The third-order valence-corrected chi connectivity index (χ3v) is 1.96. The second-order valence-corrected chi connectivity index (χ2v) is 3.14. The van der Waals surface area contributed by atoms with Crippen LogP contribution >= 0.6 is 0 Å². The van der Waals surface area contributed by atoms with E-state index in [-0.39, 0.29) is 38.7 Å². The van der Waals surface area contributed by atoms with Crippen LogP contribution in [0.1, 0.15) is 0 Å². The van der Waals surface area contributed by atoms with Crippen molar-refractivity contribution in [3.63, 3.8) is 0 Å². The summed E-state index contributed by atoms with van der Waals surface area (Å²) < 4.78 is 4.46. The maximum Gasteiger partial charge on any atom is 0.319 e. The topological polar surface area (TPSA) is 29.5 Å². The summed E-state index contributed by atoms with van der Waals surface area (Å²) >= 11 is 0. The maximum absolute atomic E-state index is 10.5. The Morgan fingerprint density at radius 1 is 1.38 bits per heavy atom. The molecule has 1 radical (unpaired) electrons. The minimum Gasteiger partial charge on any atom is -0.468 e. The number of carbonyl (C=O) groups excluding carboxylic acids is 1. The molecule has 1 saturated heterocycles. The molecular formula is C12H15NO2Y-2. The smallest absolute Gasteiger partial charge is 0.319 e. The van der Waals surface area contributed by atoms with Crippen LogP contribution in [0.4, 0.5) is 0 Å². The number of carbonyl (C=O) groups is 1. The quantitative estimate of drug-likeness (QED) is 0.605. The summed E-state index contributed by atoms with van der Waals surface area (Å²) in [6, 6.07) is 12.5. The standard InChI is InChI=1S/C6H10NO2.C6H5.Y/c1-9-6(8)5-7-3-2-4-7;1-2-4-6-5-3-1;/h2H,3-5H2,1H3;1-5H;/q2*-1;. The largest absolute Gasteiger partial charge is 0.468 e. The Labute approximate surface area is 122 Å². The van der Waals surface area contributed by atoms with E-state index in [2.05, 4.69) is 17.2 Å². The van der Waals surface area contributed by atoms with Crippen LogP contribution in [-0.2, 0) is 42.2 Å². The van der Waals surface area contributed by atoms with E-state index in [4.69, 9.17) is 0 Å². The van der Waals surface area contributed by atoms with Crippen LogP contribution in [0.25, 0.3) is 0 Å². The fourth-order valence-electron chi connectivity index (χ4n) is 1.03. The van der Waals surface area contributed by atoms with E-state index in [1.54, 1.807) is 0 Å². The molecule has 0 unspecified atom stereocenters. The third-order valence-electron chi connectivity index (χ3n) is 1.96. The number of nitrogens with zero attached hydrogens (tertiary/aromatic N) is 1. The first-order chi connectivity index (χ1) is 7.33. The number of ether oxygens (including phenoxy) is 1. The number of methoxy groups -OCH3 is 1. The normalized spacial score (nSPS) is 13.6. The molecule has 3 nitrogen and oxygen atoms in total. The van der Waals surface area contributed by atoms with Gasteiger partial charge in [0.15, 0.2) is 0 Å². The van der Waals surface area contributed by atoms with Crippen molar-refractivity contribution in [3.8, 4) is 0 Å². The first-order valence-corrected chi connectivity index (χ1v) is 4.85. The Morgan fingerprint density at radius 3 is 2.25 bits per heavy atom. The molecule has 1 heterocycles. The fourth-order valence-corrected chi connectivity index (χ4v) is 1.03. The van der Waals surface area contributed by atoms with E-state index in [9.17, 15) is 4.79 Å². The van der Waals surface area contributed by atoms with Gasteiger partial charge in [0, 0.05) is 32.7 Å². The van der Waals surface area contributed by atoms with Gasteiger partial charge in [-0.25, -0.2) is 0 Å². The van der Waals surface area contributed by atoms with Gasteiger partial charge in [0.1, 0.15) is 0 Å². The molecule has 0 atom stereocenters. The summed E-state index contributed by atoms with van der Waals surface area (Å²) in [6.45, 7) is 2.29. The molecule has 0 N–H and O–H groups in total. The predicted molar refractivity (Wildman–Crippen MR) is 58.0 cm³/mol. The first-order valence-electron chi connectivity index (χ1n) is 4.85. The van der Waals surface area contributed by atoms with Crippen molar-refractivity contribution in [1.29, 1.82) is 0 Å². The predicted octanol–water partition coefficient (Wildman–Crippen LogP) is 1.16. The van der Waals surface area contributed by atoms with Gasteiger partial charge in [-0.05, 0) is 0 Å². The van der Waals surface area contributed by atoms with E-state index in [1.807, 2.05) is 35.2 Å². The van der Waals surface area contributed by atoms with E-state index in [1.165, 1.54) is 7.11 Å². The summed E-state index contributed by atoms with van der Waals surface area (Å²) in [7, 11) is 1.41. The number of likely N-dealkylation sites (tertiary alicyclic amines) is 1. The SMILES string of the molecule is COC(=O)CN1C[CH-]C1.[Y].[c-]1ccccc1. The van der Waals surface area contributed by atoms with Crippen molar-refractivity contribution in [2.75, 3.05) is 26.7 Å². The number of esters is 1. The molecule has 0 spiro atoms. The van der Waals surface area contributed by atoms with Gasteiger partial charge in [0.2, 0.25) is 0 Å². The van der Waals surface area contributed by atoms with Gasteiger partial charge < -0.3 is 16.1 Å². The number of hydrogen-bond donors (Lipinski definition) is 0. The van der Waals surface area contributed by atoms with Gasteiger partial charge in [-0.15, -0.1) is 13.1 Å². The Bertz CT molecular complexity index is 249. The summed E-state index contributed by atoms with van der Waals surface area (Å²) in [5.41, 5.74) is 0. The molecule has 0 amide bonds. The molecule has 4 heteroatoms. The summed E-state index contributed by atoms with van der Waals surface area (Å²) in [5.74, 6) is -0.150. The van der Waals surface area contributed by atoms with Crippen molar-refractivity contribution in [1.82, 2.24) is 4.90 Å². The number of rotatable bonds is 2.